The minimum atomic E-state index is -0.220. The summed E-state index contributed by atoms with van der Waals surface area (Å²) in [6, 6.07) is 10.9. The predicted octanol–water partition coefficient (Wildman–Crippen LogP) is 2.23. The van der Waals surface area contributed by atoms with Crippen molar-refractivity contribution in [2.75, 3.05) is 31.2 Å². The number of nitrogens with zero attached hydrogens (tertiary/aromatic N) is 4. The number of hydrogen-bond acceptors (Lipinski definition) is 6. The maximum atomic E-state index is 13.1. The van der Waals surface area contributed by atoms with Gasteiger partial charge < -0.3 is 19.5 Å². The summed E-state index contributed by atoms with van der Waals surface area (Å²) in [7, 11) is 1.72. The fraction of sp³-hybridized carbons (Fsp3) is 0.417. The maximum Gasteiger partial charge on any atom is 0.252 e. The molecule has 1 N–H and O–H groups in total. The highest BCUT2D eigenvalue weighted by Gasteiger charge is 2.27. The van der Waals surface area contributed by atoms with Gasteiger partial charge >= 0.3 is 0 Å². The number of benzene rings is 1. The van der Waals surface area contributed by atoms with Gasteiger partial charge in [0.1, 0.15) is 0 Å². The molecule has 2 fully saturated rings. The minimum Gasteiger partial charge on any atom is -0.381 e. The summed E-state index contributed by atoms with van der Waals surface area (Å²) in [5, 5.41) is 3.88. The van der Waals surface area contributed by atoms with Crippen LogP contribution in [-0.4, -0.2) is 52.8 Å². The third kappa shape index (κ3) is 3.98. The zero-order valence-electron chi connectivity index (χ0n) is 18.2. The smallest absolute Gasteiger partial charge is 0.252 e. The first-order valence-electron chi connectivity index (χ1n) is 11.2. The van der Waals surface area contributed by atoms with Crippen LogP contribution in [-0.2, 0) is 11.8 Å². The second-order valence-corrected chi connectivity index (χ2v) is 8.55. The fourth-order valence-electron chi connectivity index (χ4n) is 4.66. The summed E-state index contributed by atoms with van der Waals surface area (Å²) < 4.78 is 7.03. The largest absolute Gasteiger partial charge is 0.381 e. The van der Waals surface area contributed by atoms with Crippen molar-refractivity contribution >= 4 is 22.8 Å². The van der Waals surface area contributed by atoms with Gasteiger partial charge in [-0.1, -0.05) is 18.2 Å². The molecular formula is C24H27N5O3. The Kier molecular flexibility index (Phi) is 5.61. The average Bonchev–Trinajstić information content (AvgIpc) is 3.30. The van der Waals surface area contributed by atoms with Crippen LogP contribution in [0.1, 0.15) is 41.2 Å². The standard InChI is InChI=1S/C24H27N5O3/c1-28-21-5-3-2-4-18(21)19(14-22(28)30)23(31)26-17-7-11-29(15-17)24-25-10-6-20(27-24)16-8-12-32-13-9-16/h2-6,10,14,16-17H,7-9,11-13,15H2,1H3,(H,26,31). The monoisotopic (exact) mass is 433 g/mol. The van der Waals surface area contributed by atoms with Crippen LogP contribution >= 0.6 is 0 Å². The van der Waals surface area contributed by atoms with Crippen LogP contribution in [0.15, 0.2) is 47.4 Å². The van der Waals surface area contributed by atoms with E-state index >= 15 is 0 Å². The second kappa shape index (κ2) is 8.70. The normalized spacial score (nSPS) is 19.4. The first kappa shape index (κ1) is 20.6. The Bertz CT molecular complexity index is 1200. The molecule has 8 nitrogen and oxygen atoms in total. The summed E-state index contributed by atoms with van der Waals surface area (Å²) >= 11 is 0. The van der Waals surface area contributed by atoms with Crippen molar-refractivity contribution in [3.63, 3.8) is 0 Å². The van der Waals surface area contributed by atoms with Crippen molar-refractivity contribution in [3.05, 3.63) is 64.2 Å². The predicted molar refractivity (Wildman–Crippen MR) is 122 cm³/mol. The molecular weight excluding hydrogens is 406 g/mol. The van der Waals surface area contributed by atoms with E-state index in [9.17, 15) is 9.59 Å². The Morgan fingerprint density at radius 1 is 1.16 bits per heavy atom. The third-order valence-electron chi connectivity index (χ3n) is 6.51. The molecule has 1 atom stereocenters. The zero-order valence-corrected chi connectivity index (χ0v) is 18.2. The van der Waals surface area contributed by atoms with Gasteiger partial charge in [-0.2, -0.15) is 0 Å². The van der Waals surface area contributed by atoms with Gasteiger partial charge in [0.05, 0.1) is 11.1 Å². The highest BCUT2D eigenvalue weighted by atomic mass is 16.5. The summed E-state index contributed by atoms with van der Waals surface area (Å²) in [4.78, 5) is 36.8. The summed E-state index contributed by atoms with van der Waals surface area (Å²) in [6.07, 6.45) is 4.60. The van der Waals surface area contributed by atoms with Crippen LogP contribution in [0.5, 0.6) is 0 Å². The number of pyridine rings is 1. The Hall–Kier alpha value is -3.26. The number of para-hydroxylation sites is 1. The SMILES string of the molecule is Cn1c(=O)cc(C(=O)NC2CCN(c3nccc(C4CCOCC4)n3)C2)c2ccccc21. The first-order chi connectivity index (χ1) is 15.6. The van der Waals surface area contributed by atoms with Crippen LogP contribution in [0.4, 0.5) is 5.95 Å². The van der Waals surface area contributed by atoms with Crippen LogP contribution in [0.2, 0.25) is 0 Å². The number of carbonyl (C=O) groups is 1. The maximum absolute atomic E-state index is 13.1. The van der Waals surface area contributed by atoms with Gasteiger partial charge in [-0.3, -0.25) is 9.59 Å². The van der Waals surface area contributed by atoms with Gasteiger partial charge in [-0.25, -0.2) is 9.97 Å². The number of amides is 1. The van der Waals surface area contributed by atoms with E-state index in [1.165, 1.54) is 6.07 Å². The molecule has 0 aliphatic carbocycles. The van der Waals surface area contributed by atoms with E-state index in [1.807, 2.05) is 36.5 Å². The van der Waals surface area contributed by atoms with Crippen molar-refractivity contribution < 1.29 is 9.53 Å². The molecule has 166 valence electrons. The van der Waals surface area contributed by atoms with Crippen LogP contribution in [0.3, 0.4) is 0 Å². The Morgan fingerprint density at radius 3 is 2.81 bits per heavy atom. The Morgan fingerprint density at radius 2 is 1.97 bits per heavy atom. The number of anilines is 1. The van der Waals surface area contributed by atoms with Crippen molar-refractivity contribution in [3.8, 4) is 0 Å². The van der Waals surface area contributed by atoms with Gasteiger partial charge in [-0.05, 0) is 31.4 Å². The number of fused-ring (bicyclic) bond motifs is 1. The minimum absolute atomic E-state index is 0.0272. The molecule has 2 saturated heterocycles. The van der Waals surface area contributed by atoms with E-state index in [0.717, 1.165) is 55.6 Å². The molecule has 1 amide bonds. The second-order valence-electron chi connectivity index (χ2n) is 8.55. The third-order valence-corrected chi connectivity index (χ3v) is 6.51. The number of ether oxygens (including phenoxy) is 1. The Balaban J connectivity index is 1.30. The van der Waals surface area contributed by atoms with Crippen molar-refractivity contribution in [2.24, 2.45) is 7.05 Å². The molecule has 3 aromatic rings. The lowest BCUT2D eigenvalue weighted by atomic mass is 9.96. The van der Waals surface area contributed by atoms with Crippen molar-refractivity contribution in [1.29, 1.82) is 0 Å². The number of hydrogen-bond donors (Lipinski definition) is 1. The van der Waals surface area contributed by atoms with E-state index < -0.39 is 0 Å². The fourth-order valence-corrected chi connectivity index (χ4v) is 4.66. The molecule has 1 aromatic carbocycles. The zero-order chi connectivity index (χ0) is 22.1. The molecule has 2 aliphatic heterocycles. The Labute approximate surface area is 186 Å². The molecule has 2 aliphatic rings. The topological polar surface area (TPSA) is 89.4 Å². The van der Waals surface area contributed by atoms with Gasteiger partial charge in [0, 0.05) is 68.7 Å². The highest BCUT2D eigenvalue weighted by molar-refractivity contribution is 6.06. The van der Waals surface area contributed by atoms with Gasteiger partial charge in [0.25, 0.3) is 11.5 Å². The lowest BCUT2D eigenvalue weighted by Gasteiger charge is -2.23. The van der Waals surface area contributed by atoms with Gasteiger partial charge in [0.2, 0.25) is 5.95 Å². The molecule has 4 heterocycles. The number of aromatic nitrogens is 3. The van der Waals surface area contributed by atoms with Crippen LogP contribution < -0.4 is 15.8 Å². The molecule has 1 unspecified atom stereocenters. The molecule has 2 aromatic heterocycles. The summed E-state index contributed by atoms with van der Waals surface area (Å²) in [5.41, 5.74) is 2.04. The summed E-state index contributed by atoms with van der Waals surface area (Å²) in [5.74, 6) is 0.907. The van der Waals surface area contributed by atoms with Crippen molar-refractivity contribution in [1.82, 2.24) is 19.9 Å². The van der Waals surface area contributed by atoms with E-state index in [0.29, 0.717) is 24.0 Å². The molecule has 0 spiro atoms. The quantitative estimate of drug-likeness (QED) is 0.679. The van der Waals surface area contributed by atoms with E-state index in [1.54, 1.807) is 11.6 Å². The highest BCUT2D eigenvalue weighted by Crippen LogP contribution is 2.27. The first-order valence-corrected chi connectivity index (χ1v) is 11.2. The molecule has 0 radical (unpaired) electrons. The molecule has 8 heteroatoms. The molecule has 0 saturated carbocycles. The van der Waals surface area contributed by atoms with Crippen molar-refractivity contribution in [2.45, 2.75) is 31.2 Å². The lowest BCUT2D eigenvalue weighted by Crippen LogP contribution is -2.38. The number of rotatable bonds is 4. The van der Waals surface area contributed by atoms with E-state index in [2.05, 4.69) is 15.2 Å². The molecule has 5 rings (SSSR count). The summed E-state index contributed by atoms with van der Waals surface area (Å²) in [6.45, 7) is 2.98. The number of aryl methyl sites for hydroxylation is 1. The molecule has 32 heavy (non-hydrogen) atoms. The van der Waals surface area contributed by atoms with E-state index in [4.69, 9.17) is 9.72 Å². The van der Waals surface area contributed by atoms with E-state index in [-0.39, 0.29) is 17.5 Å². The number of carbonyl (C=O) groups excluding carboxylic acids is 1. The average molecular weight is 434 g/mol. The lowest BCUT2D eigenvalue weighted by molar-refractivity contribution is 0.0845. The van der Waals surface area contributed by atoms with Crippen LogP contribution in [0, 0.1) is 0 Å². The van der Waals surface area contributed by atoms with Gasteiger partial charge in [-0.15, -0.1) is 0 Å². The molecule has 0 bridgehead atoms. The van der Waals surface area contributed by atoms with Gasteiger partial charge in [0.15, 0.2) is 0 Å². The number of nitrogens with one attached hydrogen (secondary N) is 1. The van der Waals surface area contributed by atoms with Crippen LogP contribution in [0.25, 0.3) is 10.9 Å².